The average molecular weight is 440 g/mol. The molecule has 2 fully saturated rings. The number of ether oxygens (including phenoxy) is 2. The van der Waals surface area contributed by atoms with Gasteiger partial charge in [-0.2, -0.15) is 0 Å². The molecular formula is C27H34FNO3. The lowest BCUT2D eigenvalue weighted by Gasteiger charge is -2.43. The van der Waals surface area contributed by atoms with Crippen LogP contribution in [-0.4, -0.2) is 44.2 Å². The molecule has 2 aromatic carbocycles. The van der Waals surface area contributed by atoms with Crippen molar-refractivity contribution in [2.75, 3.05) is 33.4 Å². The van der Waals surface area contributed by atoms with Crippen LogP contribution in [0.25, 0.3) is 11.1 Å². The number of halogens is 1. The largest absolute Gasteiger partial charge is 0.496 e. The van der Waals surface area contributed by atoms with E-state index >= 15 is 0 Å². The quantitative estimate of drug-likeness (QED) is 0.631. The smallest absolute Gasteiger partial charge is 0.229 e. The number of hydrogen-bond donors (Lipinski definition) is 0. The summed E-state index contributed by atoms with van der Waals surface area (Å²) in [5.74, 6) is 1.72. The van der Waals surface area contributed by atoms with Gasteiger partial charge in [0.05, 0.1) is 12.5 Å². The lowest BCUT2D eigenvalue weighted by atomic mass is 9.73. The van der Waals surface area contributed by atoms with Crippen LogP contribution in [0, 0.1) is 23.1 Å². The van der Waals surface area contributed by atoms with E-state index < -0.39 is 5.41 Å². The SMILES string of the molecule is COc1ccc(F)cc1-c1ccc(CC2(C(=O)N3C[C@H](C)C[C@@H](C)C3)CCOCC2)cc1. The van der Waals surface area contributed by atoms with Gasteiger partial charge in [-0.25, -0.2) is 4.39 Å². The second-order valence-corrected chi connectivity index (χ2v) is 9.77. The van der Waals surface area contributed by atoms with E-state index in [0.29, 0.717) is 37.2 Å². The van der Waals surface area contributed by atoms with Crippen LogP contribution in [0.5, 0.6) is 5.75 Å². The van der Waals surface area contributed by atoms with Gasteiger partial charge in [0.1, 0.15) is 11.6 Å². The molecule has 2 aliphatic rings. The first-order chi connectivity index (χ1) is 15.4. The van der Waals surface area contributed by atoms with E-state index in [2.05, 4.69) is 30.9 Å². The van der Waals surface area contributed by atoms with Gasteiger partial charge < -0.3 is 14.4 Å². The molecule has 0 aliphatic carbocycles. The molecule has 0 spiro atoms. The van der Waals surface area contributed by atoms with Crippen molar-refractivity contribution < 1.29 is 18.7 Å². The van der Waals surface area contributed by atoms with Crippen LogP contribution < -0.4 is 4.74 Å². The number of hydrogen-bond acceptors (Lipinski definition) is 3. The van der Waals surface area contributed by atoms with Crippen molar-refractivity contribution in [1.82, 2.24) is 4.90 Å². The summed E-state index contributed by atoms with van der Waals surface area (Å²) in [7, 11) is 1.59. The first-order valence-corrected chi connectivity index (χ1v) is 11.7. The van der Waals surface area contributed by atoms with E-state index in [0.717, 1.165) is 42.6 Å². The zero-order valence-electron chi connectivity index (χ0n) is 19.4. The fraction of sp³-hybridized carbons (Fsp3) is 0.519. The molecule has 0 saturated carbocycles. The normalized spacial score (nSPS) is 23.1. The molecule has 1 amide bonds. The fourth-order valence-electron chi connectivity index (χ4n) is 5.49. The summed E-state index contributed by atoms with van der Waals surface area (Å²) in [4.78, 5) is 15.9. The van der Waals surface area contributed by atoms with Crippen molar-refractivity contribution in [2.45, 2.75) is 39.5 Å². The Morgan fingerprint density at radius 2 is 1.75 bits per heavy atom. The van der Waals surface area contributed by atoms with Crippen molar-refractivity contribution in [3.63, 3.8) is 0 Å². The van der Waals surface area contributed by atoms with E-state index in [1.807, 2.05) is 12.1 Å². The van der Waals surface area contributed by atoms with Gasteiger partial charge >= 0.3 is 0 Å². The molecule has 2 heterocycles. The lowest BCUT2D eigenvalue weighted by molar-refractivity contribution is -0.150. The molecule has 2 saturated heterocycles. The second kappa shape index (κ2) is 9.62. The molecule has 172 valence electrons. The Labute approximate surface area is 190 Å². The van der Waals surface area contributed by atoms with E-state index in [9.17, 15) is 9.18 Å². The topological polar surface area (TPSA) is 38.8 Å². The molecule has 5 heteroatoms. The van der Waals surface area contributed by atoms with Gasteiger partial charge in [0.25, 0.3) is 0 Å². The van der Waals surface area contributed by atoms with Crippen molar-refractivity contribution >= 4 is 5.91 Å². The zero-order valence-corrected chi connectivity index (χ0v) is 19.4. The number of nitrogens with zero attached hydrogens (tertiary/aromatic N) is 1. The number of carbonyl (C=O) groups is 1. The van der Waals surface area contributed by atoms with Crippen molar-refractivity contribution in [3.8, 4) is 16.9 Å². The van der Waals surface area contributed by atoms with Crippen molar-refractivity contribution in [3.05, 3.63) is 53.8 Å². The Morgan fingerprint density at radius 1 is 1.09 bits per heavy atom. The van der Waals surface area contributed by atoms with Gasteiger partial charge in [-0.1, -0.05) is 38.1 Å². The van der Waals surface area contributed by atoms with Crippen LogP contribution in [-0.2, 0) is 16.0 Å². The van der Waals surface area contributed by atoms with Crippen molar-refractivity contribution in [2.24, 2.45) is 17.3 Å². The van der Waals surface area contributed by atoms with Crippen LogP contribution >= 0.6 is 0 Å². The monoisotopic (exact) mass is 439 g/mol. The van der Waals surface area contributed by atoms with Gasteiger partial charge in [0, 0.05) is 31.9 Å². The molecule has 2 aromatic rings. The molecule has 0 unspecified atom stereocenters. The highest BCUT2D eigenvalue weighted by atomic mass is 19.1. The van der Waals surface area contributed by atoms with E-state index in [1.165, 1.54) is 18.6 Å². The molecule has 2 aliphatic heterocycles. The maximum Gasteiger partial charge on any atom is 0.229 e. The number of carbonyl (C=O) groups excluding carboxylic acids is 1. The number of benzene rings is 2. The van der Waals surface area contributed by atoms with Crippen molar-refractivity contribution in [1.29, 1.82) is 0 Å². The highest BCUT2D eigenvalue weighted by Crippen LogP contribution is 2.39. The maximum atomic E-state index is 13.8. The Morgan fingerprint density at radius 3 is 2.38 bits per heavy atom. The summed E-state index contributed by atoms with van der Waals surface area (Å²) in [6.07, 6.45) is 3.40. The van der Waals surface area contributed by atoms with Crippen LogP contribution in [0.3, 0.4) is 0 Å². The first-order valence-electron chi connectivity index (χ1n) is 11.7. The van der Waals surface area contributed by atoms with Crippen LogP contribution in [0.1, 0.15) is 38.7 Å². The van der Waals surface area contributed by atoms with E-state index in [-0.39, 0.29) is 11.7 Å². The van der Waals surface area contributed by atoms with Crippen LogP contribution in [0.15, 0.2) is 42.5 Å². The van der Waals surface area contributed by atoms with Gasteiger partial charge in [0.2, 0.25) is 5.91 Å². The number of amides is 1. The Bertz CT molecular complexity index is 926. The number of piperidine rings is 1. The molecule has 0 bridgehead atoms. The third-order valence-electron chi connectivity index (χ3n) is 7.03. The number of methoxy groups -OCH3 is 1. The molecule has 32 heavy (non-hydrogen) atoms. The van der Waals surface area contributed by atoms with Gasteiger partial charge in [0.15, 0.2) is 0 Å². The van der Waals surface area contributed by atoms with Crippen LogP contribution in [0.2, 0.25) is 0 Å². The predicted octanol–water partition coefficient (Wildman–Crippen LogP) is 5.35. The fourth-order valence-corrected chi connectivity index (χ4v) is 5.49. The standard InChI is InChI=1S/C27H34FNO3/c1-19-14-20(2)18-29(17-19)26(30)27(10-12-32-13-11-27)16-21-4-6-22(7-5-21)24-15-23(28)8-9-25(24)31-3/h4-9,15,19-20H,10-14,16-18H2,1-3H3/t19-,20-/m1/s1. The second-order valence-electron chi connectivity index (χ2n) is 9.77. The number of rotatable bonds is 5. The minimum Gasteiger partial charge on any atom is -0.496 e. The molecule has 4 rings (SSSR count). The minimum atomic E-state index is -0.410. The summed E-state index contributed by atoms with van der Waals surface area (Å²) in [5, 5.41) is 0. The summed E-state index contributed by atoms with van der Waals surface area (Å²) in [6.45, 7) is 7.44. The zero-order chi connectivity index (χ0) is 22.7. The van der Waals surface area contributed by atoms with E-state index in [4.69, 9.17) is 9.47 Å². The summed E-state index contributed by atoms with van der Waals surface area (Å²) in [6, 6.07) is 12.7. The summed E-state index contributed by atoms with van der Waals surface area (Å²) in [5.41, 5.74) is 2.34. The maximum absolute atomic E-state index is 13.8. The molecule has 4 nitrogen and oxygen atoms in total. The molecular weight excluding hydrogens is 405 g/mol. The van der Waals surface area contributed by atoms with Gasteiger partial charge in [-0.3, -0.25) is 4.79 Å². The number of likely N-dealkylation sites (tertiary alicyclic amines) is 1. The van der Waals surface area contributed by atoms with E-state index in [1.54, 1.807) is 13.2 Å². The Kier molecular flexibility index (Phi) is 6.85. The van der Waals surface area contributed by atoms with Gasteiger partial charge in [-0.05, 0) is 66.8 Å². The highest BCUT2D eigenvalue weighted by Gasteiger charge is 2.43. The molecule has 0 radical (unpaired) electrons. The third kappa shape index (κ3) is 4.83. The predicted molar refractivity (Wildman–Crippen MR) is 124 cm³/mol. The lowest BCUT2D eigenvalue weighted by Crippen LogP contribution is -2.52. The van der Waals surface area contributed by atoms with Crippen LogP contribution in [0.4, 0.5) is 4.39 Å². The Hall–Kier alpha value is -2.40. The molecule has 0 aromatic heterocycles. The Balaban J connectivity index is 1.57. The van der Waals surface area contributed by atoms with Gasteiger partial charge in [-0.15, -0.1) is 0 Å². The summed E-state index contributed by atoms with van der Waals surface area (Å²) < 4.78 is 24.9. The summed E-state index contributed by atoms with van der Waals surface area (Å²) >= 11 is 0. The third-order valence-corrected chi connectivity index (χ3v) is 7.03. The molecule has 0 N–H and O–H groups in total. The molecule has 2 atom stereocenters. The average Bonchev–Trinajstić information content (AvgIpc) is 2.79. The minimum absolute atomic E-state index is 0.287. The highest BCUT2D eigenvalue weighted by molar-refractivity contribution is 5.83. The first kappa shape index (κ1) is 22.8.